The van der Waals surface area contributed by atoms with Gasteiger partial charge in [-0.2, -0.15) is 0 Å². The van der Waals surface area contributed by atoms with Crippen molar-refractivity contribution >= 4 is 15.9 Å². The molecule has 1 aliphatic rings. The van der Waals surface area contributed by atoms with E-state index in [1.54, 1.807) is 0 Å². The van der Waals surface area contributed by atoms with Crippen molar-refractivity contribution < 1.29 is 5.11 Å². The number of nitrogens with zero attached hydrogens (tertiary/aromatic N) is 2. The van der Waals surface area contributed by atoms with Gasteiger partial charge in [-0.15, -0.1) is 0 Å². The first-order chi connectivity index (χ1) is 8.47. The Balaban J connectivity index is 2.14. The van der Waals surface area contributed by atoms with Crippen molar-refractivity contribution in [3.63, 3.8) is 0 Å². The second kappa shape index (κ2) is 5.59. The van der Waals surface area contributed by atoms with E-state index in [0.717, 1.165) is 41.8 Å². The van der Waals surface area contributed by atoms with Gasteiger partial charge in [0.05, 0.1) is 0 Å². The topological polar surface area (TPSA) is 26.7 Å². The van der Waals surface area contributed by atoms with Crippen LogP contribution in [0.3, 0.4) is 0 Å². The molecule has 100 valence electrons. The third-order valence-corrected chi connectivity index (χ3v) is 4.14. The summed E-state index contributed by atoms with van der Waals surface area (Å²) in [7, 11) is 2.16. The van der Waals surface area contributed by atoms with Crippen LogP contribution in [0.4, 0.5) is 0 Å². The average molecular weight is 313 g/mol. The SMILES string of the molecule is Cc1cc(Br)cc(CN2CCN(C)CC2C)c1O. The number of piperazine rings is 1. The van der Waals surface area contributed by atoms with Crippen molar-refractivity contribution in [1.29, 1.82) is 0 Å². The Bertz CT molecular complexity index is 436. The van der Waals surface area contributed by atoms with Gasteiger partial charge < -0.3 is 10.0 Å². The molecule has 1 heterocycles. The molecule has 0 aromatic heterocycles. The molecule has 1 unspecified atom stereocenters. The molecule has 0 bridgehead atoms. The van der Waals surface area contributed by atoms with Crippen LogP contribution in [-0.4, -0.2) is 47.6 Å². The molecule has 1 N–H and O–H groups in total. The van der Waals surface area contributed by atoms with E-state index in [9.17, 15) is 5.11 Å². The first-order valence-corrected chi connectivity index (χ1v) is 7.17. The van der Waals surface area contributed by atoms with Crippen molar-refractivity contribution in [3.05, 3.63) is 27.7 Å². The molecule has 2 rings (SSSR count). The van der Waals surface area contributed by atoms with Crippen molar-refractivity contribution in [2.45, 2.75) is 26.4 Å². The van der Waals surface area contributed by atoms with Crippen LogP contribution in [0.25, 0.3) is 0 Å². The van der Waals surface area contributed by atoms with Gasteiger partial charge in [0.1, 0.15) is 5.75 Å². The van der Waals surface area contributed by atoms with Crippen molar-refractivity contribution in [1.82, 2.24) is 9.80 Å². The van der Waals surface area contributed by atoms with E-state index < -0.39 is 0 Å². The summed E-state index contributed by atoms with van der Waals surface area (Å²) in [6.07, 6.45) is 0. The van der Waals surface area contributed by atoms with Crippen molar-refractivity contribution in [2.75, 3.05) is 26.7 Å². The Kier molecular flexibility index (Phi) is 4.30. The second-order valence-electron chi connectivity index (χ2n) is 5.31. The molecule has 1 aliphatic heterocycles. The highest BCUT2D eigenvalue weighted by Crippen LogP contribution is 2.28. The van der Waals surface area contributed by atoms with Gasteiger partial charge in [-0.1, -0.05) is 15.9 Å². The van der Waals surface area contributed by atoms with Gasteiger partial charge in [-0.05, 0) is 38.6 Å². The lowest BCUT2D eigenvalue weighted by Crippen LogP contribution is -2.49. The van der Waals surface area contributed by atoms with Crippen LogP contribution >= 0.6 is 15.9 Å². The number of aromatic hydroxyl groups is 1. The molecule has 0 spiro atoms. The minimum Gasteiger partial charge on any atom is -0.507 e. The van der Waals surface area contributed by atoms with Crippen LogP contribution in [-0.2, 0) is 6.54 Å². The van der Waals surface area contributed by atoms with Crippen LogP contribution in [0.2, 0.25) is 0 Å². The summed E-state index contributed by atoms with van der Waals surface area (Å²) < 4.78 is 1.04. The van der Waals surface area contributed by atoms with Gasteiger partial charge >= 0.3 is 0 Å². The molecule has 0 amide bonds. The number of likely N-dealkylation sites (N-methyl/N-ethyl adjacent to an activating group) is 1. The van der Waals surface area contributed by atoms with Gasteiger partial charge in [0.25, 0.3) is 0 Å². The monoisotopic (exact) mass is 312 g/mol. The van der Waals surface area contributed by atoms with Crippen LogP contribution in [0.5, 0.6) is 5.75 Å². The summed E-state index contributed by atoms with van der Waals surface area (Å²) in [6, 6.07) is 4.50. The molecular weight excluding hydrogens is 292 g/mol. The highest BCUT2D eigenvalue weighted by Gasteiger charge is 2.22. The second-order valence-corrected chi connectivity index (χ2v) is 6.23. The number of phenols is 1. The fourth-order valence-corrected chi connectivity index (χ4v) is 3.18. The van der Waals surface area contributed by atoms with Crippen LogP contribution < -0.4 is 0 Å². The maximum absolute atomic E-state index is 10.1. The Morgan fingerprint density at radius 2 is 2.11 bits per heavy atom. The summed E-state index contributed by atoms with van der Waals surface area (Å²) in [4.78, 5) is 4.79. The molecule has 1 saturated heterocycles. The van der Waals surface area contributed by atoms with E-state index in [4.69, 9.17) is 0 Å². The van der Waals surface area contributed by atoms with E-state index in [0.29, 0.717) is 11.8 Å². The number of benzene rings is 1. The zero-order valence-corrected chi connectivity index (χ0v) is 12.9. The van der Waals surface area contributed by atoms with Gasteiger partial charge in [0, 0.05) is 42.3 Å². The fraction of sp³-hybridized carbons (Fsp3) is 0.571. The summed E-state index contributed by atoms with van der Waals surface area (Å²) >= 11 is 3.50. The Hall–Kier alpha value is -0.580. The minimum atomic E-state index is 0.435. The Morgan fingerprint density at radius 3 is 2.78 bits per heavy atom. The largest absolute Gasteiger partial charge is 0.507 e. The molecule has 1 aromatic carbocycles. The molecule has 1 atom stereocenters. The molecule has 3 nitrogen and oxygen atoms in total. The average Bonchev–Trinajstić information content (AvgIpc) is 2.29. The quantitative estimate of drug-likeness (QED) is 0.909. The van der Waals surface area contributed by atoms with E-state index in [1.165, 1.54) is 0 Å². The smallest absolute Gasteiger partial charge is 0.123 e. The summed E-state index contributed by atoms with van der Waals surface area (Å²) in [5.74, 6) is 0.435. The highest BCUT2D eigenvalue weighted by molar-refractivity contribution is 9.10. The molecule has 1 aromatic rings. The first-order valence-electron chi connectivity index (χ1n) is 6.38. The molecule has 0 saturated carbocycles. The maximum atomic E-state index is 10.1. The molecule has 1 fully saturated rings. The molecule has 0 radical (unpaired) electrons. The van der Waals surface area contributed by atoms with E-state index >= 15 is 0 Å². The standard InChI is InChI=1S/C14H21BrN2O/c1-10-6-13(15)7-12(14(10)18)9-17-5-4-16(3)8-11(17)2/h6-7,11,18H,4-5,8-9H2,1-3H3. The minimum absolute atomic E-state index is 0.435. The molecule has 0 aliphatic carbocycles. The number of aryl methyl sites for hydroxylation is 1. The fourth-order valence-electron chi connectivity index (χ4n) is 2.56. The van der Waals surface area contributed by atoms with Gasteiger partial charge in [-0.3, -0.25) is 4.90 Å². The third kappa shape index (κ3) is 3.05. The highest BCUT2D eigenvalue weighted by atomic mass is 79.9. The number of hydrogen-bond donors (Lipinski definition) is 1. The van der Waals surface area contributed by atoms with Gasteiger partial charge in [0.15, 0.2) is 0 Å². The normalized spacial score (nSPS) is 22.3. The van der Waals surface area contributed by atoms with E-state index in [-0.39, 0.29) is 0 Å². The molecule has 4 heteroatoms. The Labute approximate surface area is 118 Å². The summed E-state index contributed by atoms with van der Waals surface area (Å²) in [5, 5.41) is 10.1. The zero-order valence-electron chi connectivity index (χ0n) is 11.3. The molecular formula is C14H21BrN2O. The van der Waals surface area contributed by atoms with Crippen LogP contribution in [0.15, 0.2) is 16.6 Å². The summed E-state index contributed by atoms with van der Waals surface area (Å²) in [6.45, 7) is 8.25. The lowest BCUT2D eigenvalue weighted by molar-refractivity contribution is 0.0931. The number of rotatable bonds is 2. The summed E-state index contributed by atoms with van der Waals surface area (Å²) in [5.41, 5.74) is 1.94. The molecule has 18 heavy (non-hydrogen) atoms. The maximum Gasteiger partial charge on any atom is 0.123 e. The number of hydrogen-bond acceptors (Lipinski definition) is 3. The first kappa shape index (κ1) is 13.8. The Morgan fingerprint density at radius 1 is 1.39 bits per heavy atom. The van der Waals surface area contributed by atoms with E-state index in [1.807, 2.05) is 19.1 Å². The number of phenolic OH excluding ortho intramolecular Hbond substituents is 1. The van der Waals surface area contributed by atoms with Crippen molar-refractivity contribution in [3.8, 4) is 5.75 Å². The van der Waals surface area contributed by atoms with Crippen molar-refractivity contribution in [2.24, 2.45) is 0 Å². The predicted octanol–water partition coefficient (Wildman–Crippen LogP) is 2.60. The van der Waals surface area contributed by atoms with Crippen LogP contribution in [0, 0.1) is 6.92 Å². The van der Waals surface area contributed by atoms with Gasteiger partial charge in [0.2, 0.25) is 0 Å². The van der Waals surface area contributed by atoms with E-state index in [2.05, 4.69) is 39.7 Å². The predicted molar refractivity (Wildman–Crippen MR) is 77.9 cm³/mol. The lowest BCUT2D eigenvalue weighted by Gasteiger charge is -2.38. The number of halogens is 1. The van der Waals surface area contributed by atoms with Gasteiger partial charge in [-0.25, -0.2) is 0 Å². The zero-order chi connectivity index (χ0) is 13.3. The third-order valence-electron chi connectivity index (χ3n) is 3.69. The lowest BCUT2D eigenvalue weighted by atomic mass is 10.1. The van der Waals surface area contributed by atoms with Crippen LogP contribution in [0.1, 0.15) is 18.1 Å².